The van der Waals surface area contributed by atoms with Crippen LogP contribution in [0.3, 0.4) is 0 Å². The predicted molar refractivity (Wildman–Crippen MR) is 124 cm³/mol. The second-order valence-corrected chi connectivity index (χ2v) is 8.36. The zero-order chi connectivity index (χ0) is 28.1. The summed E-state index contributed by atoms with van der Waals surface area (Å²) in [6, 6.07) is 13.8. The average Bonchev–Trinajstić information content (AvgIpc) is 3.22. The molecule has 0 spiro atoms. The zero-order valence-electron chi connectivity index (χ0n) is 20.3. The summed E-state index contributed by atoms with van der Waals surface area (Å²) in [4.78, 5) is 10.9. The fourth-order valence-electron chi connectivity index (χ4n) is 3.43. The summed E-state index contributed by atoms with van der Waals surface area (Å²) >= 11 is 0. The van der Waals surface area contributed by atoms with Gasteiger partial charge >= 0.3 is 24.0 Å². The lowest BCUT2D eigenvalue weighted by molar-refractivity contribution is -0.360. The average molecular weight is 544 g/mol. The first-order valence-electron chi connectivity index (χ1n) is 11.4. The molecule has 0 aliphatic carbocycles. The van der Waals surface area contributed by atoms with Crippen LogP contribution in [0, 0.1) is 6.92 Å². The first-order chi connectivity index (χ1) is 17.8. The SMILES string of the molecule is CC(=O)OCCCCn1nc(C(F)(F)C(F)(F)C(F)(F)F)c(N=Nc2ccc(C)cc2)c1-c1ccccc1. The molecule has 0 aliphatic heterocycles. The summed E-state index contributed by atoms with van der Waals surface area (Å²) in [5, 5.41) is 11.1. The minimum absolute atomic E-state index is 0.00752. The van der Waals surface area contributed by atoms with Gasteiger partial charge in [0.25, 0.3) is 0 Å². The van der Waals surface area contributed by atoms with Gasteiger partial charge in [0.05, 0.1) is 18.0 Å². The Kier molecular flexibility index (Phi) is 8.58. The van der Waals surface area contributed by atoms with Crippen LogP contribution in [0.5, 0.6) is 0 Å². The molecule has 0 radical (unpaired) electrons. The predicted octanol–water partition coefficient (Wildman–Crippen LogP) is 7.91. The topological polar surface area (TPSA) is 68.8 Å². The zero-order valence-corrected chi connectivity index (χ0v) is 20.3. The molecule has 0 amide bonds. The quantitative estimate of drug-likeness (QED) is 0.113. The van der Waals surface area contributed by atoms with Crippen LogP contribution in [0.2, 0.25) is 0 Å². The van der Waals surface area contributed by atoms with Gasteiger partial charge in [0, 0.05) is 19.0 Å². The van der Waals surface area contributed by atoms with Crippen LogP contribution in [0.1, 0.15) is 31.0 Å². The fraction of sp³-hybridized carbons (Fsp3) is 0.360. The van der Waals surface area contributed by atoms with Crippen molar-refractivity contribution in [3.05, 3.63) is 65.9 Å². The van der Waals surface area contributed by atoms with Crippen molar-refractivity contribution in [1.29, 1.82) is 0 Å². The first-order valence-corrected chi connectivity index (χ1v) is 11.4. The van der Waals surface area contributed by atoms with E-state index in [2.05, 4.69) is 15.3 Å². The molecule has 3 rings (SSSR count). The molecule has 6 nitrogen and oxygen atoms in total. The van der Waals surface area contributed by atoms with E-state index >= 15 is 8.78 Å². The lowest BCUT2D eigenvalue weighted by Gasteiger charge is -2.27. The number of carbonyl (C=O) groups excluding carboxylic acids is 1. The van der Waals surface area contributed by atoms with Crippen molar-refractivity contribution in [3.8, 4) is 11.3 Å². The van der Waals surface area contributed by atoms with Gasteiger partial charge in [0.15, 0.2) is 5.69 Å². The number of rotatable bonds is 10. The summed E-state index contributed by atoms with van der Waals surface area (Å²) in [5.41, 5.74) is -1.83. The molecule has 0 saturated carbocycles. The Morgan fingerprint density at radius 2 is 1.55 bits per heavy atom. The van der Waals surface area contributed by atoms with E-state index in [-0.39, 0.29) is 42.9 Å². The molecule has 0 bridgehead atoms. The molecule has 0 saturated heterocycles. The van der Waals surface area contributed by atoms with E-state index in [1.165, 1.54) is 43.3 Å². The molecule has 0 atom stereocenters. The number of hydrogen-bond donors (Lipinski definition) is 0. The van der Waals surface area contributed by atoms with E-state index in [0.29, 0.717) is 0 Å². The van der Waals surface area contributed by atoms with Gasteiger partial charge in [-0.05, 0) is 31.9 Å². The third kappa shape index (κ3) is 6.20. The number of hydrogen-bond acceptors (Lipinski definition) is 5. The van der Waals surface area contributed by atoms with Gasteiger partial charge < -0.3 is 4.74 Å². The molecule has 3 aromatic rings. The number of ether oxygens (including phenoxy) is 1. The monoisotopic (exact) mass is 544 g/mol. The number of alkyl halides is 7. The Balaban J connectivity index is 2.19. The van der Waals surface area contributed by atoms with Crippen LogP contribution in [0.15, 0.2) is 64.8 Å². The van der Waals surface area contributed by atoms with Gasteiger partial charge in [-0.1, -0.05) is 48.0 Å². The Bertz CT molecular complexity index is 1270. The highest BCUT2D eigenvalue weighted by atomic mass is 19.4. The highest BCUT2D eigenvalue weighted by Crippen LogP contribution is 2.54. The van der Waals surface area contributed by atoms with Crippen molar-refractivity contribution >= 4 is 17.3 Å². The summed E-state index contributed by atoms with van der Waals surface area (Å²) in [5.74, 6) is -12.8. The second-order valence-electron chi connectivity index (χ2n) is 8.36. The molecule has 0 unspecified atom stereocenters. The Morgan fingerprint density at radius 1 is 0.921 bits per heavy atom. The molecule has 13 heteroatoms. The Hall–Kier alpha value is -3.77. The lowest BCUT2D eigenvalue weighted by Crippen LogP contribution is -2.50. The molecule has 38 heavy (non-hydrogen) atoms. The number of halogens is 7. The van der Waals surface area contributed by atoms with Gasteiger partial charge in [0.2, 0.25) is 0 Å². The summed E-state index contributed by atoms with van der Waals surface area (Å²) < 4.78 is 103. The van der Waals surface area contributed by atoms with Gasteiger partial charge in [-0.3, -0.25) is 9.48 Å². The number of carbonyl (C=O) groups is 1. The number of aromatic nitrogens is 2. The number of nitrogens with zero attached hydrogens (tertiary/aromatic N) is 4. The van der Waals surface area contributed by atoms with Crippen LogP contribution >= 0.6 is 0 Å². The first kappa shape index (κ1) is 28.8. The van der Waals surface area contributed by atoms with Crippen molar-refractivity contribution in [3.63, 3.8) is 0 Å². The maximum absolute atomic E-state index is 15.0. The normalized spacial score (nSPS) is 12.8. The number of benzene rings is 2. The fourth-order valence-corrected chi connectivity index (χ4v) is 3.43. The number of aryl methyl sites for hydroxylation is 2. The van der Waals surface area contributed by atoms with Crippen molar-refractivity contribution in [2.75, 3.05) is 6.61 Å². The Morgan fingerprint density at radius 3 is 2.13 bits per heavy atom. The molecular formula is C25H23F7N4O2. The molecule has 204 valence electrons. The summed E-state index contributed by atoms with van der Waals surface area (Å²) in [6.45, 7) is 2.79. The number of esters is 1. The van der Waals surface area contributed by atoms with Crippen molar-refractivity contribution in [2.24, 2.45) is 10.2 Å². The minimum atomic E-state index is -6.57. The molecule has 1 aromatic heterocycles. The maximum atomic E-state index is 15.0. The van der Waals surface area contributed by atoms with E-state index in [1.807, 2.05) is 0 Å². The van der Waals surface area contributed by atoms with Gasteiger partial charge in [-0.25, -0.2) is 0 Å². The van der Waals surface area contributed by atoms with Gasteiger partial charge in [-0.15, -0.1) is 5.11 Å². The largest absolute Gasteiger partial charge is 0.466 e. The van der Waals surface area contributed by atoms with Gasteiger partial charge in [-0.2, -0.15) is 40.9 Å². The smallest absolute Gasteiger partial charge is 0.460 e. The van der Waals surface area contributed by atoms with Crippen LogP contribution in [-0.2, 0) is 22.0 Å². The van der Waals surface area contributed by atoms with E-state index < -0.39 is 35.4 Å². The Labute approximate surface area is 213 Å². The molecule has 0 aliphatic rings. The van der Waals surface area contributed by atoms with Crippen LogP contribution in [0.25, 0.3) is 11.3 Å². The maximum Gasteiger partial charge on any atom is 0.460 e. The lowest BCUT2D eigenvalue weighted by atomic mass is 10.0. The number of unbranched alkanes of at least 4 members (excludes halogenated alkanes) is 1. The van der Waals surface area contributed by atoms with Crippen molar-refractivity contribution < 1.29 is 40.3 Å². The minimum Gasteiger partial charge on any atom is -0.466 e. The van der Waals surface area contributed by atoms with Crippen molar-refractivity contribution in [1.82, 2.24) is 9.78 Å². The highest BCUT2D eigenvalue weighted by molar-refractivity contribution is 5.75. The summed E-state index contributed by atoms with van der Waals surface area (Å²) in [6.07, 6.45) is -6.15. The standard InChI is InChI=1S/C25H23F7N4O2/c1-16-10-12-19(13-11-16)33-34-20-21(18-8-4-3-5-9-18)36(14-6-7-15-38-17(2)37)35-22(20)23(26,27)24(28,29)25(30,31)32/h3-5,8-13H,6-7,14-15H2,1-2H3. The third-order valence-corrected chi connectivity index (χ3v) is 5.39. The van der Waals surface area contributed by atoms with Crippen LogP contribution in [-0.4, -0.2) is 34.5 Å². The van der Waals surface area contributed by atoms with E-state index in [4.69, 9.17) is 4.74 Å². The molecule has 2 aromatic carbocycles. The van der Waals surface area contributed by atoms with Crippen LogP contribution in [0.4, 0.5) is 42.1 Å². The van der Waals surface area contributed by atoms with Crippen LogP contribution < -0.4 is 0 Å². The second kappa shape index (κ2) is 11.3. The van der Waals surface area contributed by atoms with E-state index in [1.54, 1.807) is 25.1 Å². The third-order valence-electron chi connectivity index (χ3n) is 5.39. The summed E-state index contributed by atoms with van der Waals surface area (Å²) in [7, 11) is 0. The van der Waals surface area contributed by atoms with Crippen molar-refractivity contribution in [2.45, 2.75) is 51.3 Å². The van der Waals surface area contributed by atoms with E-state index in [9.17, 15) is 26.7 Å². The molecule has 0 fully saturated rings. The highest BCUT2D eigenvalue weighted by Gasteiger charge is 2.75. The number of azo groups is 1. The molecule has 1 heterocycles. The molecular weight excluding hydrogens is 521 g/mol. The van der Waals surface area contributed by atoms with E-state index in [0.717, 1.165) is 10.2 Å². The van der Waals surface area contributed by atoms with Gasteiger partial charge in [0.1, 0.15) is 5.69 Å². The molecule has 0 N–H and O–H groups in total.